The second kappa shape index (κ2) is 5.29. The van der Waals surface area contributed by atoms with Crippen LogP contribution in [0.3, 0.4) is 0 Å². The summed E-state index contributed by atoms with van der Waals surface area (Å²) in [6, 6.07) is 0.606. The molecular formula is C11H20N4OS. The van der Waals surface area contributed by atoms with E-state index in [2.05, 4.69) is 28.9 Å². The van der Waals surface area contributed by atoms with E-state index < -0.39 is 0 Å². The molecule has 1 aliphatic heterocycles. The summed E-state index contributed by atoms with van der Waals surface area (Å²) in [5.41, 5.74) is 0. The second-order valence-electron chi connectivity index (χ2n) is 4.96. The molecule has 0 radical (unpaired) electrons. The number of aromatic amines is 1. The summed E-state index contributed by atoms with van der Waals surface area (Å²) in [7, 11) is 0. The van der Waals surface area contributed by atoms with Crippen molar-refractivity contribution >= 4 is 12.2 Å². The minimum absolute atomic E-state index is 0.0618. The first-order chi connectivity index (χ1) is 8.11. The van der Waals surface area contributed by atoms with Gasteiger partial charge in [-0.15, -0.1) is 0 Å². The average molecular weight is 256 g/mol. The Morgan fingerprint density at radius 2 is 2.35 bits per heavy atom. The largest absolute Gasteiger partial charge is 0.388 e. The molecule has 0 aliphatic carbocycles. The maximum atomic E-state index is 9.19. The SMILES string of the molecule is CC(C)N1CCC(Cn2c(CO)n[nH]c2=S)C1. The zero-order valence-corrected chi connectivity index (χ0v) is 11.2. The number of nitrogens with one attached hydrogen (secondary N) is 1. The summed E-state index contributed by atoms with van der Waals surface area (Å²) in [6.07, 6.45) is 1.19. The molecule has 1 fully saturated rings. The van der Waals surface area contributed by atoms with Gasteiger partial charge in [0.2, 0.25) is 0 Å². The molecule has 5 nitrogen and oxygen atoms in total. The van der Waals surface area contributed by atoms with Crippen LogP contribution in [0.2, 0.25) is 0 Å². The predicted molar refractivity (Wildman–Crippen MR) is 68.2 cm³/mol. The molecule has 1 aromatic rings. The fourth-order valence-electron chi connectivity index (χ4n) is 2.40. The summed E-state index contributed by atoms with van der Waals surface area (Å²) in [6.45, 7) is 7.51. The number of aliphatic hydroxyl groups is 1. The Morgan fingerprint density at radius 1 is 1.59 bits per heavy atom. The van der Waals surface area contributed by atoms with E-state index in [0.717, 1.165) is 19.6 Å². The van der Waals surface area contributed by atoms with E-state index in [0.29, 0.717) is 22.6 Å². The smallest absolute Gasteiger partial charge is 0.195 e. The first-order valence-corrected chi connectivity index (χ1v) is 6.51. The molecule has 0 aromatic carbocycles. The lowest BCUT2D eigenvalue weighted by Crippen LogP contribution is -2.29. The molecule has 0 saturated carbocycles. The molecule has 0 amide bonds. The Kier molecular flexibility index (Phi) is 3.96. The summed E-state index contributed by atoms with van der Waals surface area (Å²) in [5.74, 6) is 1.24. The molecule has 1 unspecified atom stereocenters. The van der Waals surface area contributed by atoms with Crippen LogP contribution in [-0.4, -0.2) is 43.9 Å². The van der Waals surface area contributed by atoms with E-state index in [4.69, 9.17) is 12.2 Å². The van der Waals surface area contributed by atoms with Crippen molar-refractivity contribution in [1.29, 1.82) is 0 Å². The van der Waals surface area contributed by atoms with E-state index in [9.17, 15) is 5.11 Å². The highest BCUT2D eigenvalue weighted by atomic mass is 32.1. The fraction of sp³-hybridized carbons (Fsp3) is 0.818. The monoisotopic (exact) mass is 256 g/mol. The molecule has 1 saturated heterocycles. The van der Waals surface area contributed by atoms with Crippen LogP contribution >= 0.6 is 12.2 Å². The van der Waals surface area contributed by atoms with Gasteiger partial charge in [-0.25, -0.2) is 0 Å². The highest BCUT2D eigenvalue weighted by Gasteiger charge is 2.25. The van der Waals surface area contributed by atoms with Gasteiger partial charge < -0.3 is 14.6 Å². The van der Waals surface area contributed by atoms with Gasteiger partial charge in [0.15, 0.2) is 10.6 Å². The summed E-state index contributed by atoms with van der Waals surface area (Å²) in [5, 5.41) is 15.9. The molecule has 1 aromatic heterocycles. The van der Waals surface area contributed by atoms with Gasteiger partial charge in [-0.3, -0.25) is 5.10 Å². The van der Waals surface area contributed by atoms with E-state index in [1.165, 1.54) is 6.42 Å². The molecule has 2 rings (SSSR count). The number of aliphatic hydroxyl groups excluding tert-OH is 1. The van der Waals surface area contributed by atoms with Crippen molar-refractivity contribution in [3.8, 4) is 0 Å². The molecule has 96 valence electrons. The molecule has 0 bridgehead atoms. The van der Waals surface area contributed by atoms with Crippen LogP contribution in [0.25, 0.3) is 0 Å². The number of nitrogens with zero attached hydrogens (tertiary/aromatic N) is 3. The third kappa shape index (κ3) is 2.75. The lowest BCUT2D eigenvalue weighted by Gasteiger charge is -2.20. The van der Waals surface area contributed by atoms with Crippen LogP contribution in [0.5, 0.6) is 0 Å². The zero-order valence-electron chi connectivity index (χ0n) is 10.4. The van der Waals surface area contributed by atoms with Gasteiger partial charge in [0.05, 0.1) is 0 Å². The van der Waals surface area contributed by atoms with Crippen molar-refractivity contribution in [3.63, 3.8) is 0 Å². The van der Waals surface area contributed by atoms with Crippen LogP contribution in [0, 0.1) is 10.7 Å². The third-order valence-corrected chi connectivity index (χ3v) is 3.78. The van der Waals surface area contributed by atoms with Crippen LogP contribution < -0.4 is 0 Å². The van der Waals surface area contributed by atoms with Crippen molar-refractivity contribution in [2.45, 2.75) is 39.5 Å². The molecular weight excluding hydrogens is 236 g/mol. The lowest BCUT2D eigenvalue weighted by atomic mass is 10.1. The third-order valence-electron chi connectivity index (χ3n) is 3.47. The quantitative estimate of drug-likeness (QED) is 0.794. The number of hydrogen-bond acceptors (Lipinski definition) is 4. The summed E-state index contributed by atoms with van der Waals surface area (Å²) in [4.78, 5) is 2.48. The Labute approximate surface area is 106 Å². The van der Waals surface area contributed by atoms with Gasteiger partial charge in [-0.2, -0.15) is 5.10 Å². The first-order valence-electron chi connectivity index (χ1n) is 6.10. The molecule has 1 aliphatic rings. The maximum absolute atomic E-state index is 9.19. The van der Waals surface area contributed by atoms with Crippen molar-refractivity contribution < 1.29 is 5.11 Å². The summed E-state index contributed by atoms with van der Waals surface area (Å²) >= 11 is 5.17. The number of H-pyrrole nitrogens is 1. The molecule has 2 N–H and O–H groups in total. The van der Waals surface area contributed by atoms with Crippen molar-refractivity contribution in [2.75, 3.05) is 13.1 Å². The lowest BCUT2D eigenvalue weighted by molar-refractivity contribution is 0.250. The van der Waals surface area contributed by atoms with Crippen molar-refractivity contribution in [1.82, 2.24) is 19.7 Å². The van der Waals surface area contributed by atoms with Crippen molar-refractivity contribution in [2.24, 2.45) is 5.92 Å². The van der Waals surface area contributed by atoms with E-state index >= 15 is 0 Å². The standard InChI is InChI=1S/C11H20N4OS/c1-8(2)14-4-3-9(5-14)6-15-10(7-16)12-13-11(15)17/h8-9,16H,3-7H2,1-2H3,(H,13,17). The van der Waals surface area contributed by atoms with Crippen LogP contribution in [-0.2, 0) is 13.2 Å². The van der Waals surface area contributed by atoms with Gasteiger partial charge in [0.25, 0.3) is 0 Å². The van der Waals surface area contributed by atoms with Gasteiger partial charge >= 0.3 is 0 Å². The van der Waals surface area contributed by atoms with E-state index in [1.807, 2.05) is 4.57 Å². The zero-order chi connectivity index (χ0) is 12.4. The first kappa shape index (κ1) is 12.7. The van der Waals surface area contributed by atoms with E-state index in [1.54, 1.807) is 0 Å². The van der Waals surface area contributed by atoms with E-state index in [-0.39, 0.29) is 6.61 Å². The molecule has 0 spiro atoms. The topological polar surface area (TPSA) is 57.1 Å². The number of likely N-dealkylation sites (tertiary alicyclic amines) is 1. The minimum atomic E-state index is -0.0618. The average Bonchev–Trinajstić information content (AvgIpc) is 2.88. The maximum Gasteiger partial charge on any atom is 0.195 e. The Morgan fingerprint density at radius 3 is 2.94 bits per heavy atom. The van der Waals surface area contributed by atoms with Gasteiger partial charge in [-0.1, -0.05) is 0 Å². The molecule has 17 heavy (non-hydrogen) atoms. The molecule has 6 heteroatoms. The number of aromatic nitrogens is 3. The highest BCUT2D eigenvalue weighted by Crippen LogP contribution is 2.20. The predicted octanol–water partition coefficient (Wildman–Crippen LogP) is 1.16. The number of hydrogen-bond donors (Lipinski definition) is 2. The van der Waals surface area contributed by atoms with Crippen LogP contribution in [0.1, 0.15) is 26.1 Å². The second-order valence-corrected chi connectivity index (χ2v) is 5.34. The number of rotatable bonds is 4. The van der Waals surface area contributed by atoms with Crippen molar-refractivity contribution in [3.05, 3.63) is 10.6 Å². The summed E-state index contributed by atoms with van der Waals surface area (Å²) < 4.78 is 2.53. The Balaban J connectivity index is 2.02. The van der Waals surface area contributed by atoms with Gasteiger partial charge in [-0.05, 0) is 44.9 Å². The minimum Gasteiger partial charge on any atom is -0.388 e. The van der Waals surface area contributed by atoms with Crippen LogP contribution in [0.15, 0.2) is 0 Å². The van der Waals surface area contributed by atoms with Crippen LogP contribution in [0.4, 0.5) is 0 Å². The highest BCUT2D eigenvalue weighted by molar-refractivity contribution is 7.71. The molecule has 1 atom stereocenters. The normalized spacial score (nSPS) is 21.5. The fourth-order valence-corrected chi connectivity index (χ4v) is 2.62. The Hall–Kier alpha value is -0.720. The Bertz CT molecular complexity index is 425. The van der Waals surface area contributed by atoms with Gasteiger partial charge in [0, 0.05) is 19.1 Å². The van der Waals surface area contributed by atoms with Gasteiger partial charge in [0.1, 0.15) is 6.61 Å². The molecule has 2 heterocycles.